The van der Waals surface area contributed by atoms with Crippen LogP contribution in [0.5, 0.6) is 0 Å². The second-order valence-corrected chi connectivity index (χ2v) is 7.44. The minimum atomic E-state index is -4.65. The molecule has 4 rings (SSSR count). The number of hydrogen-bond acceptors (Lipinski definition) is 3. The molecule has 4 aromatic rings. The molecular weight excluding hydrogens is 461 g/mol. The Morgan fingerprint density at radius 3 is 2.30 bits per heavy atom. The van der Waals surface area contributed by atoms with Crippen molar-refractivity contribution in [1.82, 2.24) is 9.55 Å². The fourth-order valence-corrected chi connectivity index (χ4v) is 3.31. The van der Waals surface area contributed by atoms with E-state index < -0.39 is 12.0 Å². The highest BCUT2D eigenvalue weighted by Gasteiger charge is 2.38. The minimum absolute atomic E-state index is 0.148. The van der Waals surface area contributed by atoms with Crippen LogP contribution in [0, 0.1) is 0 Å². The van der Waals surface area contributed by atoms with Gasteiger partial charge in [0.2, 0.25) is 5.82 Å². The van der Waals surface area contributed by atoms with Gasteiger partial charge in [-0.2, -0.15) is 13.2 Å². The molecule has 0 unspecified atom stereocenters. The van der Waals surface area contributed by atoms with Gasteiger partial charge in [-0.3, -0.25) is 9.36 Å². The normalized spacial score (nSPS) is 11.6. The van der Waals surface area contributed by atoms with E-state index in [2.05, 4.69) is 26.2 Å². The van der Waals surface area contributed by atoms with Crippen LogP contribution < -0.4 is 11.1 Å². The van der Waals surface area contributed by atoms with Crippen molar-refractivity contribution in [2.45, 2.75) is 6.18 Å². The van der Waals surface area contributed by atoms with E-state index in [0.717, 1.165) is 9.04 Å². The molecule has 152 valence electrons. The summed E-state index contributed by atoms with van der Waals surface area (Å²) in [6, 6.07) is 17.3. The van der Waals surface area contributed by atoms with Crippen LogP contribution in [0.4, 0.5) is 24.5 Å². The van der Waals surface area contributed by atoms with Gasteiger partial charge < -0.3 is 11.1 Å². The molecule has 5 nitrogen and oxygen atoms in total. The fourth-order valence-electron chi connectivity index (χ4n) is 3.05. The molecule has 3 aromatic carbocycles. The van der Waals surface area contributed by atoms with E-state index in [9.17, 15) is 18.0 Å². The molecule has 0 saturated carbocycles. The Morgan fingerprint density at radius 2 is 1.67 bits per heavy atom. The third kappa shape index (κ3) is 3.88. The summed E-state index contributed by atoms with van der Waals surface area (Å²) in [7, 11) is 0. The average molecular weight is 475 g/mol. The standard InChI is InChI=1S/C21H14BrF3N4O/c22-13-3-1-12(2-4-13)19(30)27-15-6-8-16(9-7-15)29-18-10-5-14(26)11-17(18)28-20(29)21(23,24)25/h1-11H,26H2,(H,27,30). The van der Waals surface area contributed by atoms with Crippen molar-refractivity contribution in [2.75, 3.05) is 11.1 Å². The summed E-state index contributed by atoms with van der Waals surface area (Å²) in [6.07, 6.45) is -4.65. The number of alkyl halides is 3. The fraction of sp³-hybridized carbons (Fsp3) is 0.0476. The highest BCUT2D eigenvalue weighted by atomic mass is 79.9. The molecule has 9 heteroatoms. The molecule has 1 amide bonds. The van der Waals surface area contributed by atoms with Gasteiger partial charge in [0.1, 0.15) is 0 Å². The highest BCUT2D eigenvalue weighted by molar-refractivity contribution is 9.10. The summed E-state index contributed by atoms with van der Waals surface area (Å²) in [5, 5.41) is 2.72. The summed E-state index contributed by atoms with van der Waals surface area (Å²) < 4.78 is 42.6. The lowest BCUT2D eigenvalue weighted by atomic mass is 10.2. The predicted molar refractivity (Wildman–Crippen MR) is 113 cm³/mol. The SMILES string of the molecule is Nc1ccc2c(c1)nc(C(F)(F)F)n2-c1ccc(NC(=O)c2ccc(Br)cc2)cc1. The smallest absolute Gasteiger partial charge is 0.399 e. The average Bonchev–Trinajstić information content (AvgIpc) is 3.08. The maximum absolute atomic E-state index is 13.6. The van der Waals surface area contributed by atoms with Crippen LogP contribution in [0.2, 0.25) is 0 Å². The summed E-state index contributed by atoms with van der Waals surface area (Å²) in [6.45, 7) is 0. The van der Waals surface area contributed by atoms with Gasteiger partial charge in [-0.1, -0.05) is 15.9 Å². The van der Waals surface area contributed by atoms with Crippen LogP contribution in [0.15, 0.2) is 71.2 Å². The third-order valence-electron chi connectivity index (χ3n) is 4.42. The van der Waals surface area contributed by atoms with E-state index in [0.29, 0.717) is 16.9 Å². The van der Waals surface area contributed by atoms with Gasteiger partial charge in [0.25, 0.3) is 5.91 Å². The Bertz CT molecular complexity index is 1230. The van der Waals surface area contributed by atoms with E-state index in [-0.39, 0.29) is 22.6 Å². The molecule has 30 heavy (non-hydrogen) atoms. The summed E-state index contributed by atoms with van der Waals surface area (Å²) in [5.74, 6) is -1.37. The van der Waals surface area contributed by atoms with Crippen LogP contribution >= 0.6 is 15.9 Å². The lowest BCUT2D eigenvalue weighted by Crippen LogP contribution is -2.14. The Morgan fingerprint density at radius 1 is 1.00 bits per heavy atom. The molecule has 0 aliphatic rings. The molecule has 0 saturated heterocycles. The number of aromatic nitrogens is 2. The Labute approximate surface area is 177 Å². The number of carbonyl (C=O) groups is 1. The zero-order valence-electron chi connectivity index (χ0n) is 15.2. The first kappa shape index (κ1) is 20.0. The summed E-state index contributed by atoms with van der Waals surface area (Å²) in [4.78, 5) is 16.1. The van der Waals surface area contributed by atoms with Crippen molar-refractivity contribution >= 4 is 44.2 Å². The van der Waals surface area contributed by atoms with Gasteiger partial charge in [0, 0.05) is 27.1 Å². The van der Waals surface area contributed by atoms with Gasteiger partial charge >= 0.3 is 6.18 Å². The van der Waals surface area contributed by atoms with Gasteiger partial charge in [-0.25, -0.2) is 4.98 Å². The number of halogens is 4. The van der Waals surface area contributed by atoms with E-state index in [1.165, 1.54) is 42.5 Å². The van der Waals surface area contributed by atoms with Crippen LogP contribution in [0.25, 0.3) is 16.7 Å². The number of rotatable bonds is 3. The second-order valence-electron chi connectivity index (χ2n) is 6.52. The van der Waals surface area contributed by atoms with Crippen molar-refractivity contribution in [3.63, 3.8) is 0 Å². The summed E-state index contributed by atoms with van der Waals surface area (Å²) >= 11 is 3.30. The molecule has 0 spiro atoms. The highest BCUT2D eigenvalue weighted by Crippen LogP contribution is 2.34. The lowest BCUT2D eigenvalue weighted by Gasteiger charge is -2.12. The van der Waals surface area contributed by atoms with E-state index in [1.54, 1.807) is 24.3 Å². The van der Waals surface area contributed by atoms with Crippen LogP contribution in [-0.4, -0.2) is 15.5 Å². The first-order chi connectivity index (χ1) is 14.2. The molecule has 0 fully saturated rings. The number of nitrogens with one attached hydrogen (secondary N) is 1. The third-order valence-corrected chi connectivity index (χ3v) is 4.95. The Kier molecular flexibility index (Phi) is 4.98. The zero-order chi connectivity index (χ0) is 21.5. The number of fused-ring (bicyclic) bond motifs is 1. The molecule has 0 bridgehead atoms. The van der Waals surface area contributed by atoms with Gasteiger partial charge in [-0.15, -0.1) is 0 Å². The van der Waals surface area contributed by atoms with E-state index in [4.69, 9.17) is 5.73 Å². The first-order valence-electron chi connectivity index (χ1n) is 8.75. The largest absolute Gasteiger partial charge is 0.450 e. The molecular formula is C21H14BrF3N4O. The van der Waals surface area contributed by atoms with Crippen LogP contribution in [-0.2, 0) is 6.18 Å². The zero-order valence-corrected chi connectivity index (χ0v) is 16.8. The molecule has 3 N–H and O–H groups in total. The maximum Gasteiger partial charge on any atom is 0.450 e. The number of amides is 1. The number of carbonyl (C=O) groups excluding carboxylic acids is 1. The molecule has 1 heterocycles. The van der Waals surface area contributed by atoms with Gasteiger partial charge in [-0.05, 0) is 66.7 Å². The quantitative estimate of drug-likeness (QED) is 0.377. The maximum atomic E-state index is 13.6. The molecule has 0 aliphatic carbocycles. The first-order valence-corrected chi connectivity index (χ1v) is 9.54. The molecule has 1 aromatic heterocycles. The number of nitrogens with zero attached hydrogens (tertiary/aromatic N) is 2. The van der Waals surface area contributed by atoms with E-state index in [1.807, 2.05) is 0 Å². The molecule has 0 aliphatic heterocycles. The van der Waals surface area contributed by atoms with Crippen molar-refractivity contribution in [2.24, 2.45) is 0 Å². The lowest BCUT2D eigenvalue weighted by molar-refractivity contribution is -0.145. The topological polar surface area (TPSA) is 72.9 Å². The van der Waals surface area contributed by atoms with Crippen molar-refractivity contribution < 1.29 is 18.0 Å². The van der Waals surface area contributed by atoms with Crippen LogP contribution in [0.3, 0.4) is 0 Å². The number of hydrogen-bond donors (Lipinski definition) is 2. The van der Waals surface area contributed by atoms with Crippen molar-refractivity contribution in [1.29, 1.82) is 0 Å². The van der Waals surface area contributed by atoms with Gasteiger partial charge in [0.05, 0.1) is 11.0 Å². The number of benzene rings is 3. The Balaban J connectivity index is 1.68. The minimum Gasteiger partial charge on any atom is -0.399 e. The number of nitrogens with two attached hydrogens (primary N) is 1. The number of nitrogen functional groups attached to an aromatic ring is 1. The number of imidazole rings is 1. The Hall–Kier alpha value is -3.33. The number of anilines is 2. The van der Waals surface area contributed by atoms with Crippen molar-refractivity contribution in [3.8, 4) is 5.69 Å². The van der Waals surface area contributed by atoms with Crippen molar-refractivity contribution in [3.05, 3.63) is 82.6 Å². The predicted octanol–water partition coefficient (Wildman–Crippen LogP) is 5.64. The molecule has 0 radical (unpaired) electrons. The monoisotopic (exact) mass is 474 g/mol. The molecule has 0 atom stereocenters. The summed E-state index contributed by atoms with van der Waals surface area (Å²) in [5.41, 5.74) is 7.61. The second kappa shape index (κ2) is 7.49. The van der Waals surface area contributed by atoms with E-state index >= 15 is 0 Å². The van der Waals surface area contributed by atoms with Gasteiger partial charge in [0.15, 0.2) is 0 Å². The van der Waals surface area contributed by atoms with Crippen LogP contribution in [0.1, 0.15) is 16.2 Å².